The molecule has 2 aliphatic rings. The topological polar surface area (TPSA) is 111 Å². The van der Waals surface area contributed by atoms with Crippen LogP contribution in [0.25, 0.3) is 22.3 Å². The first-order valence-corrected chi connectivity index (χ1v) is 14.1. The zero-order chi connectivity index (χ0) is 26.4. The molecule has 1 aliphatic carbocycles. The van der Waals surface area contributed by atoms with E-state index >= 15 is 0 Å². The molecule has 0 unspecified atom stereocenters. The van der Waals surface area contributed by atoms with Gasteiger partial charge in [-0.15, -0.1) is 0 Å². The van der Waals surface area contributed by atoms with Crippen LogP contribution >= 0.6 is 11.6 Å². The van der Waals surface area contributed by atoms with Crippen LogP contribution in [0.3, 0.4) is 0 Å². The molecule has 4 heterocycles. The van der Waals surface area contributed by atoms with E-state index in [-0.39, 0.29) is 35.9 Å². The molecule has 194 valence electrons. The van der Waals surface area contributed by atoms with Crippen molar-refractivity contribution >= 4 is 38.2 Å². The minimum Gasteiger partial charge on any atom is -0.490 e. The Kier molecular flexibility index (Phi) is 6.23. The Morgan fingerprint density at radius 2 is 1.89 bits per heavy atom. The van der Waals surface area contributed by atoms with Crippen molar-refractivity contribution in [2.75, 3.05) is 6.61 Å². The molecule has 0 saturated heterocycles. The van der Waals surface area contributed by atoms with E-state index in [1.54, 1.807) is 12.3 Å². The van der Waals surface area contributed by atoms with Gasteiger partial charge in [0.05, 0.1) is 40.8 Å². The number of ether oxygens (including phenoxy) is 1. The highest BCUT2D eigenvalue weighted by Crippen LogP contribution is 2.40. The van der Waals surface area contributed by atoms with Crippen LogP contribution < -0.4 is 10.1 Å². The van der Waals surface area contributed by atoms with Crippen molar-refractivity contribution < 1.29 is 22.3 Å². The summed E-state index contributed by atoms with van der Waals surface area (Å²) in [5.41, 5.74) is 1.72. The zero-order valence-corrected chi connectivity index (χ0v) is 21.6. The Bertz CT molecular complexity index is 1690. The van der Waals surface area contributed by atoms with Crippen LogP contribution in [0.15, 0.2) is 59.6 Å². The molecule has 0 radical (unpaired) electrons. The van der Waals surface area contributed by atoms with Crippen LogP contribution in [0.1, 0.15) is 46.9 Å². The number of amides is 1. The molecule has 38 heavy (non-hydrogen) atoms. The van der Waals surface area contributed by atoms with Gasteiger partial charge in [0.2, 0.25) is 15.3 Å². The number of aromatic nitrogens is 3. The van der Waals surface area contributed by atoms with Crippen molar-refractivity contribution in [3.05, 3.63) is 76.7 Å². The molecule has 0 bridgehead atoms. The molecule has 1 fully saturated rings. The molecule has 1 amide bonds. The molecule has 1 aromatic carbocycles. The van der Waals surface area contributed by atoms with Crippen molar-refractivity contribution in [2.45, 2.75) is 42.1 Å². The summed E-state index contributed by atoms with van der Waals surface area (Å²) in [6, 6.07) is 14.0. The van der Waals surface area contributed by atoms with E-state index in [1.165, 1.54) is 18.9 Å². The van der Waals surface area contributed by atoms with Crippen molar-refractivity contribution in [3.63, 3.8) is 0 Å². The quantitative estimate of drug-likeness (QED) is 0.370. The number of sulfone groups is 1. The highest BCUT2D eigenvalue weighted by Gasteiger charge is 2.35. The number of benzene rings is 1. The molecule has 1 saturated carbocycles. The van der Waals surface area contributed by atoms with Gasteiger partial charge < -0.3 is 10.1 Å². The summed E-state index contributed by atoms with van der Waals surface area (Å²) >= 11 is 6.20. The van der Waals surface area contributed by atoms with E-state index in [0.717, 1.165) is 28.5 Å². The fourth-order valence-electron chi connectivity index (χ4n) is 4.37. The number of alkyl halides is 1. The minimum absolute atomic E-state index is 0.0298. The average Bonchev–Trinajstić information content (AvgIpc) is 3.78. The monoisotopic (exact) mass is 552 g/mol. The van der Waals surface area contributed by atoms with Gasteiger partial charge in [-0.2, -0.15) is 0 Å². The van der Waals surface area contributed by atoms with Gasteiger partial charge in [0.15, 0.2) is 5.75 Å². The Balaban J connectivity index is 1.23. The van der Waals surface area contributed by atoms with Crippen LogP contribution in [0.5, 0.6) is 5.75 Å². The van der Waals surface area contributed by atoms with Crippen LogP contribution in [0.2, 0.25) is 5.02 Å². The zero-order valence-electron chi connectivity index (χ0n) is 20.0. The van der Waals surface area contributed by atoms with Gasteiger partial charge in [0.25, 0.3) is 5.91 Å². The van der Waals surface area contributed by atoms with Crippen LogP contribution in [-0.4, -0.2) is 41.4 Å². The predicted octanol–water partition coefficient (Wildman–Crippen LogP) is 5.00. The Hall–Kier alpha value is -3.63. The maximum absolute atomic E-state index is 14.2. The molecule has 11 heteroatoms. The normalized spacial score (nSPS) is 18.3. The molecule has 6 rings (SSSR count). The number of hydrogen-bond acceptors (Lipinski definition) is 7. The molecular formula is C27H22ClFN4O4S. The summed E-state index contributed by atoms with van der Waals surface area (Å²) in [7, 11) is -4.34. The van der Waals surface area contributed by atoms with Crippen LogP contribution in [0, 0.1) is 0 Å². The summed E-state index contributed by atoms with van der Waals surface area (Å²) < 4.78 is 44.7. The first-order valence-electron chi connectivity index (χ1n) is 12.1. The predicted molar refractivity (Wildman–Crippen MR) is 140 cm³/mol. The number of pyridine rings is 3. The third kappa shape index (κ3) is 4.69. The molecule has 3 aromatic heterocycles. The van der Waals surface area contributed by atoms with Gasteiger partial charge in [0, 0.05) is 35.2 Å². The Morgan fingerprint density at radius 3 is 2.71 bits per heavy atom. The van der Waals surface area contributed by atoms with Gasteiger partial charge in [-0.3, -0.25) is 14.8 Å². The number of nitrogens with zero attached hydrogens (tertiary/aromatic N) is 3. The second-order valence-electron chi connectivity index (χ2n) is 9.35. The Morgan fingerprint density at radius 1 is 1.08 bits per heavy atom. The molecule has 1 atom stereocenters. The highest BCUT2D eigenvalue weighted by molar-refractivity contribution is 7.92. The molecule has 1 aliphatic heterocycles. The van der Waals surface area contributed by atoms with Gasteiger partial charge in [0.1, 0.15) is 4.90 Å². The van der Waals surface area contributed by atoms with E-state index in [4.69, 9.17) is 26.3 Å². The second kappa shape index (κ2) is 9.59. The number of nitrogens with one attached hydrogen (secondary N) is 1. The molecule has 1 N–H and O–H groups in total. The number of halogens is 2. The van der Waals surface area contributed by atoms with Crippen molar-refractivity contribution in [2.24, 2.45) is 0 Å². The SMILES string of the molecule is O=C(NCc1cc2nc(-c3cccc(C4CC4)n3)ccc2cn1)c1cc(Cl)c2c(c1)S(=O)(=O)[C@@H](F)CCO2. The Labute approximate surface area is 223 Å². The first kappa shape index (κ1) is 24.7. The molecular weight excluding hydrogens is 531 g/mol. The average molecular weight is 553 g/mol. The lowest BCUT2D eigenvalue weighted by Crippen LogP contribution is -2.24. The maximum atomic E-state index is 14.2. The first-order chi connectivity index (χ1) is 18.3. The lowest BCUT2D eigenvalue weighted by molar-refractivity contribution is 0.0950. The fourth-order valence-corrected chi connectivity index (χ4v) is 6.10. The fraction of sp³-hybridized carbons (Fsp3) is 0.259. The lowest BCUT2D eigenvalue weighted by atomic mass is 10.1. The van der Waals surface area contributed by atoms with Crippen LogP contribution in [-0.2, 0) is 16.4 Å². The molecule has 0 spiro atoms. The van der Waals surface area contributed by atoms with E-state index in [2.05, 4.69) is 10.3 Å². The number of fused-ring (bicyclic) bond motifs is 2. The lowest BCUT2D eigenvalue weighted by Gasteiger charge is -2.12. The summed E-state index contributed by atoms with van der Waals surface area (Å²) in [5.74, 6) is -0.192. The van der Waals surface area contributed by atoms with Gasteiger partial charge in [-0.25, -0.2) is 17.8 Å². The molecule has 8 nitrogen and oxygen atoms in total. The third-order valence-electron chi connectivity index (χ3n) is 6.60. The minimum atomic E-state index is -4.34. The third-order valence-corrected chi connectivity index (χ3v) is 8.70. The van der Waals surface area contributed by atoms with Gasteiger partial charge in [-0.05, 0) is 55.3 Å². The van der Waals surface area contributed by atoms with E-state index in [9.17, 15) is 17.6 Å². The molecule has 4 aromatic rings. The summed E-state index contributed by atoms with van der Waals surface area (Å²) in [4.78, 5) is 26.4. The van der Waals surface area contributed by atoms with Gasteiger partial charge >= 0.3 is 0 Å². The van der Waals surface area contributed by atoms with E-state index in [1.807, 2.05) is 30.3 Å². The number of carbonyl (C=O) groups is 1. The van der Waals surface area contributed by atoms with Crippen molar-refractivity contribution in [3.8, 4) is 17.1 Å². The number of carbonyl (C=O) groups excluding carboxylic acids is 1. The standard InChI is InChI=1S/C27H22ClFN4O4S/c28-19-10-17(11-24-26(19)37-9-8-25(29)38(24,35)36)27(34)31-14-18-12-23-16(13-30-18)6-7-22(33-23)21-3-1-2-20(32-21)15-4-5-15/h1-3,6-7,10-13,15,25H,4-5,8-9,14H2,(H,31,34)/t25-/m1/s1. The highest BCUT2D eigenvalue weighted by atomic mass is 35.5. The van der Waals surface area contributed by atoms with Crippen molar-refractivity contribution in [1.29, 1.82) is 0 Å². The smallest absolute Gasteiger partial charge is 0.251 e. The summed E-state index contributed by atoms with van der Waals surface area (Å²) in [6.07, 6.45) is 3.69. The van der Waals surface area contributed by atoms with Crippen LogP contribution in [0.4, 0.5) is 4.39 Å². The second-order valence-corrected chi connectivity index (χ2v) is 11.8. The summed E-state index contributed by atoms with van der Waals surface area (Å²) in [6.45, 7) is -0.0795. The number of rotatable bonds is 5. The largest absolute Gasteiger partial charge is 0.490 e. The van der Waals surface area contributed by atoms with Crippen molar-refractivity contribution in [1.82, 2.24) is 20.3 Å². The van der Waals surface area contributed by atoms with Gasteiger partial charge in [-0.1, -0.05) is 17.7 Å². The van der Waals surface area contributed by atoms with E-state index < -0.39 is 26.1 Å². The summed E-state index contributed by atoms with van der Waals surface area (Å²) in [5, 5.41) is 3.47. The maximum Gasteiger partial charge on any atom is 0.251 e. The van der Waals surface area contributed by atoms with E-state index in [0.29, 0.717) is 17.1 Å². The number of hydrogen-bond donors (Lipinski definition) is 1.